The molecule has 3 aliphatic rings. The summed E-state index contributed by atoms with van der Waals surface area (Å²) in [6, 6.07) is 2.02. The number of fused-ring (bicyclic) bond motifs is 3. The molecular weight excluding hydrogens is 268 g/mol. The lowest BCUT2D eigenvalue weighted by Gasteiger charge is -2.23. The number of hydrogen-bond acceptors (Lipinski definition) is 4. The maximum absolute atomic E-state index is 11.5. The standard InChI is InChI=1S/C16H20N2O3/c19-16(20)11-7-9-3-1-2-4-12(9)17-15(11)18-13-8-10-5-6-14(13)21-10/h7,10,13-14H,1-6,8H2,(H,17,18)(H,19,20). The van der Waals surface area contributed by atoms with Gasteiger partial charge in [0.15, 0.2) is 0 Å². The Labute approximate surface area is 123 Å². The van der Waals surface area contributed by atoms with Gasteiger partial charge in [0.05, 0.1) is 18.2 Å². The van der Waals surface area contributed by atoms with E-state index in [1.165, 1.54) is 0 Å². The van der Waals surface area contributed by atoms with Gasteiger partial charge in [0.1, 0.15) is 11.4 Å². The number of rotatable bonds is 3. The Kier molecular flexibility index (Phi) is 3.10. The van der Waals surface area contributed by atoms with Crippen molar-refractivity contribution in [3.63, 3.8) is 0 Å². The van der Waals surface area contributed by atoms with Crippen molar-refractivity contribution in [2.45, 2.75) is 63.2 Å². The fourth-order valence-corrected chi connectivity index (χ4v) is 3.87. The number of aryl methyl sites for hydroxylation is 2. The quantitative estimate of drug-likeness (QED) is 0.893. The van der Waals surface area contributed by atoms with Gasteiger partial charge in [0.25, 0.3) is 0 Å². The summed E-state index contributed by atoms with van der Waals surface area (Å²) >= 11 is 0. The topological polar surface area (TPSA) is 71.5 Å². The van der Waals surface area contributed by atoms with Gasteiger partial charge >= 0.3 is 5.97 Å². The zero-order chi connectivity index (χ0) is 14.4. The molecule has 4 rings (SSSR count). The van der Waals surface area contributed by atoms with Crippen LogP contribution in [0.2, 0.25) is 0 Å². The van der Waals surface area contributed by atoms with E-state index in [-0.39, 0.29) is 12.1 Å². The fourth-order valence-electron chi connectivity index (χ4n) is 3.87. The van der Waals surface area contributed by atoms with Crippen LogP contribution in [0.25, 0.3) is 0 Å². The molecule has 0 saturated carbocycles. The molecule has 3 unspecified atom stereocenters. The molecule has 5 nitrogen and oxygen atoms in total. The van der Waals surface area contributed by atoms with Gasteiger partial charge in [-0.05, 0) is 56.6 Å². The van der Waals surface area contributed by atoms with Gasteiger partial charge in [-0.15, -0.1) is 0 Å². The average molecular weight is 288 g/mol. The Morgan fingerprint density at radius 3 is 2.90 bits per heavy atom. The molecule has 5 heteroatoms. The lowest BCUT2D eigenvalue weighted by atomic mass is 9.93. The largest absolute Gasteiger partial charge is 0.478 e. The fraction of sp³-hybridized carbons (Fsp3) is 0.625. The monoisotopic (exact) mass is 288 g/mol. The van der Waals surface area contributed by atoms with Crippen LogP contribution in [0.3, 0.4) is 0 Å². The third-order valence-corrected chi connectivity index (χ3v) is 4.96. The first kappa shape index (κ1) is 13.1. The number of aromatic carboxylic acids is 1. The molecule has 1 aromatic rings. The number of ether oxygens (including phenoxy) is 1. The second-order valence-corrected chi connectivity index (χ2v) is 6.36. The predicted molar refractivity (Wildman–Crippen MR) is 77.8 cm³/mol. The van der Waals surface area contributed by atoms with E-state index in [2.05, 4.69) is 10.3 Å². The third-order valence-electron chi connectivity index (χ3n) is 4.96. The summed E-state index contributed by atoms with van der Waals surface area (Å²) in [5.41, 5.74) is 2.48. The zero-order valence-electron chi connectivity index (χ0n) is 12.0. The number of hydrogen-bond donors (Lipinski definition) is 2. The van der Waals surface area contributed by atoms with Crippen LogP contribution in [-0.4, -0.2) is 34.3 Å². The van der Waals surface area contributed by atoms with E-state index in [1.54, 1.807) is 0 Å². The number of carboxylic acids is 1. The number of nitrogens with zero attached hydrogens (tertiary/aromatic N) is 1. The molecule has 1 aromatic heterocycles. The van der Waals surface area contributed by atoms with Crippen LogP contribution in [0, 0.1) is 0 Å². The van der Waals surface area contributed by atoms with Crippen molar-refractivity contribution in [2.75, 3.05) is 5.32 Å². The summed E-state index contributed by atoms with van der Waals surface area (Å²) in [6.45, 7) is 0. The molecule has 112 valence electrons. The lowest BCUT2D eigenvalue weighted by molar-refractivity contribution is 0.0697. The highest BCUT2D eigenvalue weighted by molar-refractivity contribution is 5.93. The average Bonchev–Trinajstić information content (AvgIpc) is 3.09. The maximum atomic E-state index is 11.5. The number of carbonyl (C=O) groups is 1. The maximum Gasteiger partial charge on any atom is 0.339 e. The van der Waals surface area contributed by atoms with Gasteiger partial charge in [0, 0.05) is 5.69 Å². The molecule has 0 radical (unpaired) electrons. The molecule has 21 heavy (non-hydrogen) atoms. The molecule has 3 heterocycles. The van der Waals surface area contributed by atoms with Crippen molar-refractivity contribution in [2.24, 2.45) is 0 Å². The summed E-state index contributed by atoms with van der Waals surface area (Å²) in [6.07, 6.45) is 7.89. The van der Waals surface area contributed by atoms with Crippen LogP contribution in [-0.2, 0) is 17.6 Å². The van der Waals surface area contributed by atoms with Crippen LogP contribution in [0.4, 0.5) is 5.82 Å². The van der Waals surface area contributed by atoms with Gasteiger partial charge in [-0.2, -0.15) is 0 Å². The molecule has 2 N–H and O–H groups in total. The van der Waals surface area contributed by atoms with Gasteiger partial charge in [-0.3, -0.25) is 0 Å². The minimum absolute atomic E-state index is 0.205. The Hall–Kier alpha value is -1.62. The molecule has 1 aliphatic carbocycles. The van der Waals surface area contributed by atoms with E-state index < -0.39 is 5.97 Å². The normalized spacial score (nSPS) is 30.2. The highest BCUT2D eigenvalue weighted by atomic mass is 16.5. The first-order chi connectivity index (χ1) is 10.2. The van der Waals surface area contributed by atoms with Gasteiger partial charge in [-0.1, -0.05) is 0 Å². The Bertz CT molecular complexity index is 587. The Morgan fingerprint density at radius 1 is 1.33 bits per heavy atom. The number of aromatic nitrogens is 1. The van der Waals surface area contributed by atoms with E-state index in [0.717, 1.165) is 56.2 Å². The second kappa shape index (κ2) is 4.98. The van der Waals surface area contributed by atoms with Crippen molar-refractivity contribution < 1.29 is 14.6 Å². The number of carboxylic acid groups (broad SMARTS) is 1. The number of pyridine rings is 1. The van der Waals surface area contributed by atoms with E-state index in [1.807, 2.05) is 6.07 Å². The van der Waals surface area contributed by atoms with Crippen LogP contribution >= 0.6 is 0 Å². The summed E-state index contributed by atoms with van der Waals surface area (Å²) in [5.74, 6) is -0.369. The van der Waals surface area contributed by atoms with E-state index in [4.69, 9.17) is 4.74 Å². The SMILES string of the molecule is O=C(O)c1cc2c(nc1NC1CC3CCC1O3)CCCC2. The highest BCUT2D eigenvalue weighted by Crippen LogP contribution is 2.36. The lowest BCUT2D eigenvalue weighted by Crippen LogP contribution is -2.32. The van der Waals surface area contributed by atoms with Crippen molar-refractivity contribution in [3.8, 4) is 0 Å². The molecule has 2 fully saturated rings. The molecule has 2 bridgehead atoms. The molecule has 0 aromatic carbocycles. The number of anilines is 1. The molecule has 0 amide bonds. The molecule has 2 saturated heterocycles. The minimum atomic E-state index is -0.901. The summed E-state index contributed by atoms with van der Waals surface area (Å²) < 4.78 is 5.83. The van der Waals surface area contributed by atoms with E-state index in [9.17, 15) is 9.90 Å². The molecule has 3 atom stereocenters. The van der Waals surface area contributed by atoms with Crippen LogP contribution < -0.4 is 5.32 Å². The highest BCUT2D eigenvalue weighted by Gasteiger charge is 2.41. The Balaban J connectivity index is 1.65. The van der Waals surface area contributed by atoms with Crippen molar-refractivity contribution in [1.82, 2.24) is 4.98 Å². The Morgan fingerprint density at radius 2 is 2.19 bits per heavy atom. The third kappa shape index (κ3) is 2.29. The van der Waals surface area contributed by atoms with Crippen LogP contribution in [0.5, 0.6) is 0 Å². The van der Waals surface area contributed by atoms with Crippen molar-refractivity contribution in [3.05, 3.63) is 22.9 Å². The molecule has 0 spiro atoms. The first-order valence-electron chi connectivity index (χ1n) is 7.89. The molecule has 2 aliphatic heterocycles. The number of nitrogens with one attached hydrogen (secondary N) is 1. The van der Waals surface area contributed by atoms with Gasteiger partial charge in [-0.25, -0.2) is 9.78 Å². The van der Waals surface area contributed by atoms with Crippen LogP contribution in [0.15, 0.2) is 6.07 Å². The summed E-state index contributed by atoms with van der Waals surface area (Å²) in [5, 5.41) is 12.8. The summed E-state index contributed by atoms with van der Waals surface area (Å²) in [7, 11) is 0. The van der Waals surface area contributed by atoms with Gasteiger partial charge in [0.2, 0.25) is 0 Å². The predicted octanol–water partition coefficient (Wildman–Crippen LogP) is 2.39. The van der Waals surface area contributed by atoms with Crippen molar-refractivity contribution >= 4 is 11.8 Å². The minimum Gasteiger partial charge on any atom is -0.478 e. The molecular formula is C16H20N2O3. The first-order valence-corrected chi connectivity index (χ1v) is 7.89. The second-order valence-electron chi connectivity index (χ2n) is 6.36. The van der Waals surface area contributed by atoms with Crippen LogP contribution in [0.1, 0.15) is 53.7 Å². The van der Waals surface area contributed by atoms with Gasteiger partial charge < -0.3 is 15.2 Å². The summed E-state index contributed by atoms with van der Waals surface area (Å²) in [4.78, 5) is 16.2. The van der Waals surface area contributed by atoms with E-state index in [0.29, 0.717) is 17.5 Å². The van der Waals surface area contributed by atoms with E-state index >= 15 is 0 Å². The zero-order valence-corrected chi connectivity index (χ0v) is 12.0. The van der Waals surface area contributed by atoms with Crippen molar-refractivity contribution in [1.29, 1.82) is 0 Å². The smallest absolute Gasteiger partial charge is 0.339 e.